The number of aromatic nitrogens is 1. The van der Waals surface area contributed by atoms with Crippen molar-refractivity contribution in [2.45, 2.75) is 0 Å². The van der Waals surface area contributed by atoms with Crippen LogP contribution in [0.25, 0.3) is 0 Å². The van der Waals surface area contributed by atoms with E-state index in [9.17, 15) is 25.0 Å². The summed E-state index contributed by atoms with van der Waals surface area (Å²) < 4.78 is 0. The van der Waals surface area contributed by atoms with Crippen LogP contribution in [0.1, 0.15) is 21.5 Å². The number of pyridine rings is 1. The molecule has 0 aliphatic rings. The van der Waals surface area contributed by atoms with Gasteiger partial charge in [-0.3, -0.25) is 25.2 Å². The molecule has 29 heavy (non-hydrogen) atoms. The Morgan fingerprint density at radius 1 is 0.828 bits per heavy atom. The third kappa shape index (κ3) is 4.63. The Kier molecular flexibility index (Phi) is 5.64. The molecule has 0 amide bonds. The van der Waals surface area contributed by atoms with Gasteiger partial charge in [-0.25, -0.2) is 4.79 Å². The molecule has 0 spiro atoms. The van der Waals surface area contributed by atoms with Gasteiger partial charge in [0.1, 0.15) is 5.71 Å². The fourth-order valence-electron chi connectivity index (χ4n) is 2.44. The van der Waals surface area contributed by atoms with Gasteiger partial charge in [-0.1, -0.05) is 35.5 Å². The number of nitro groups is 2. The van der Waals surface area contributed by atoms with Crippen molar-refractivity contribution < 1.29 is 19.5 Å². The second-order valence-corrected chi connectivity index (χ2v) is 5.67. The highest BCUT2D eigenvalue weighted by molar-refractivity contribution is 6.12. The van der Waals surface area contributed by atoms with Gasteiger partial charge in [-0.2, -0.15) is 0 Å². The molecule has 0 unspecified atom stereocenters. The number of nitrogens with zero attached hydrogens (tertiary/aromatic N) is 4. The number of hydrogen-bond donors (Lipinski definition) is 0. The molecule has 3 rings (SSSR count). The van der Waals surface area contributed by atoms with Gasteiger partial charge in [0.05, 0.1) is 21.5 Å². The predicted octanol–water partition coefficient (Wildman–Crippen LogP) is 3.51. The van der Waals surface area contributed by atoms with E-state index in [2.05, 4.69) is 10.1 Å². The lowest BCUT2D eigenvalue weighted by molar-refractivity contribution is -0.394. The monoisotopic (exact) mass is 392 g/mol. The maximum absolute atomic E-state index is 12.4. The summed E-state index contributed by atoms with van der Waals surface area (Å²) in [6, 6.07) is 14.7. The Balaban J connectivity index is 1.97. The molecule has 10 nitrogen and oxygen atoms in total. The summed E-state index contributed by atoms with van der Waals surface area (Å²) in [4.78, 5) is 41.6. The fraction of sp³-hybridized carbons (Fsp3) is 0. The first-order valence-electron chi connectivity index (χ1n) is 8.15. The van der Waals surface area contributed by atoms with Crippen LogP contribution < -0.4 is 0 Å². The molecule has 0 aliphatic heterocycles. The molecular weight excluding hydrogens is 380 g/mol. The maximum atomic E-state index is 12.4. The highest BCUT2D eigenvalue weighted by Crippen LogP contribution is 2.23. The van der Waals surface area contributed by atoms with Crippen molar-refractivity contribution >= 4 is 23.1 Å². The summed E-state index contributed by atoms with van der Waals surface area (Å²) in [5.74, 6) is -1.07. The van der Waals surface area contributed by atoms with Gasteiger partial charge in [-0.05, 0) is 12.1 Å². The largest absolute Gasteiger partial charge is 0.366 e. The number of carbonyl (C=O) groups is 1. The smallest absolute Gasteiger partial charge is 0.312 e. The number of hydrogen-bond acceptors (Lipinski definition) is 8. The number of non-ortho nitro benzene ring substituents is 2. The van der Waals surface area contributed by atoms with E-state index in [1.807, 2.05) is 6.07 Å². The van der Waals surface area contributed by atoms with Crippen LogP contribution in [-0.2, 0) is 4.84 Å². The summed E-state index contributed by atoms with van der Waals surface area (Å²) in [5, 5.41) is 25.9. The van der Waals surface area contributed by atoms with Crippen molar-refractivity contribution in [3.8, 4) is 0 Å². The van der Waals surface area contributed by atoms with Crippen LogP contribution in [0.2, 0.25) is 0 Å². The Labute approximate surface area is 163 Å². The van der Waals surface area contributed by atoms with E-state index in [0.717, 1.165) is 18.2 Å². The van der Waals surface area contributed by atoms with Crippen LogP contribution in [0, 0.1) is 20.2 Å². The molecule has 0 saturated heterocycles. The summed E-state index contributed by atoms with van der Waals surface area (Å²) in [6.07, 6.45) is 3.08. The molecule has 0 N–H and O–H groups in total. The first kappa shape index (κ1) is 19.3. The zero-order chi connectivity index (χ0) is 20.8. The van der Waals surface area contributed by atoms with E-state index in [4.69, 9.17) is 4.84 Å². The number of benzene rings is 2. The number of nitro benzene ring substituents is 2. The molecule has 10 heteroatoms. The minimum Gasteiger partial charge on any atom is -0.312 e. The molecule has 2 aromatic carbocycles. The Hall–Kier alpha value is -4.47. The Morgan fingerprint density at radius 2 is 1.38 bits per heavy atom. The third-order valence-corrected chi connectivity index (χ3v) is 3.78. The lowest BCUT2D eigenvalue weighted by Gasteiger charge is -2.06. The lowest BCUT2D eigenvalue weighted by Crippen LogP contribution is -2.08. The molecule has 1 heterocycles. The molecule has 0 aliphatic carbocycles. The van der Waals surface area contributed by atoms with Crippen LogP contribution >= 0.6 is 0 Å². The van der Waals surface area contributed by atoms with E-state index in [0.29, 0.717) is 16.8 Å². The molecule has 0 atom stereocenters. The van der Waals surface area contributed by atoms with Crippen LogP contribution in [0.4, 0.5) is 11.4 Å². The van der Waals surface area contributed by atoms with Crippen LogP contribution in [-0.4, -0.2) is 26.5 Å². The SMILES string of the molecule is O=C(ON=C(c1ccccc1)c1ccncc1)c1cc([N+](=O)[O-])cc([N+](=O)[O-])c1. The Bertz CT molecular complexity index is 1030. The molecule has 1 aromatic heterocycles. The average Bonchev–Trinajstić information content (AvgIpc) is 2.75. The van der Waals surface area contributed by atoms with E-state index in [1.54, 1.807) is 48.8 Å². The van der Waals surface area contributed by atoms with Crippen molar-refractivity contribution in [3.63, 3.8) is 0 Å². The molecule has 0 bridgehead atoms. The van der Waals surface area contributed by atoms with Crippen LogP contribution in [0.15, 0.2) is 78.2 Å². The molecular formula is C19H12N4O6. The van der Waals surface area contributed by atoms with Crippen LogP contribution in [0.5, 0.6) is 0 Å². The van der Waals surface area contributed by atoms with E-state index < -0.39 is 27.2 Å². The highest BCUT2D eigenvalue weighted by Gasteiger charge is 2.21. The van der Waals surface area contributed by atoms with Crippen molar-refractivity contribution in [1.29, 1.82) is 0 Å². The fourth-order valence-corrected chi connectivity index (χ4v) is 2.44. The van der Waals surface area contributed by atoms with Crippen molar-refractivity contribution in [3.05, 3.63) is 110 Å². The minimum absolute atomic E-state index is 0.321. The van der Waals surface area contributed by atoms with Gasteiger partial charge in [0.25, 0.3) is 11.4 Å². The van der Waals surface area contributed by atoms with E-state index >= 15 is 0 Å². The van der Waals surface area contributed by atoms with E-state index in [-0.39, 0.29) is 5.56 Å². The zero-order valence-electron chi connectivity index (χ0n) is 14.7. The van der Waals surface area contributed by atoms with Gasteiger partial charge in [-0.15, -0.1) is 0 Å². The third-order valence-electron chi connectivity index (χ3n) is 3.78. The summed E-state index contributed by atoms with van der Waals surface area (Å²) in [5.41, 5.74) is 0.0127. The van der Waals surface area contributed by atoms with Crippen LogP contribution in [0.3, 0.4) is 0 Å². The Morgan fingerprint density at radius 3 is 1.93 bits per heavy atom. The predicted molar refractivity (Wildman–Crippen MR) is 101 cm³/mol. The topological polar surface area (TPSA) is 138 Å². The summed E-state index contributed by atoms with van der Waals surface area (Å²) in [6.45, 7) is 0. The summed E-state index contributed by atoms with van der Waals surface area (Å²) >= 11 is 0. The quantitative estimate of drug-likeness (QED) is 0.271. The van der Waals surface area contributed by atoms with Crippen molar-refractivity contribution in [1.82, 2.24) is 4.98 Å². The number of oxime groups is 1. The number of rotatable bonds is 6. The van der Waals surface area contributed by atoms with Gasteiger partial charge in [0.15, 0.2) is 0 Å². The van der Waals surface area contributed by atoms with E-state index in [1.165, 1.54) is 0 Å². The molecule has 0 saturated carbocycles. The van der Waals surface area contributed by atoms with Gasteiger partial charge in [0, 0.05) is 35.7 Å². The molecule has 3 aromatic rings. The van der Waals surface area contributed by atoms with Gasteiger partial charge in [0.2, 0.25) is 0 Å². The van der Waals surface area contributed by atoms with Crippen molar-refractivity contribution in [2.75, 3.05) is 0 Å². The second kappa shape index (κ2) is 8.48. The maximum Gasteiger partial charge on any atom is 0.366 e. The second-order valence-electron chi connectivity index (χ2n) is 5.67. The standard InChI is InChI=1S/C19H12N4O6/c24-19(15-10-16(22(25)26)12-17(11-15)23(27)28)29-21-18(13-4-2-1-3-5-13)14-6-8-20-9-7-14/h1-12H. The lowest BCUT2D eigenvalue weighted by atomic mass is 10.0. The van der Waals surface area contributed by atoms with Gasteiger partial charge < -0.3 is 4.84 Å². The summed E-state index contributed by atoms with van der Waals surface area (Å²) in [7, 11) is 0. The molecule has 0 fully saturated rings. The van der Waals surface area contributed by atoms with Crippen molar-refractivity contribution in [2.24, 2.45) is 5.16 Å². The molecule has 0 radical (unpaired) electrons. The zero-order valence-corrected chi connectivity index (χ0v) is 14.7. The first-order chi connectivity index (χ1) is 14.0. The highest BCUT2D eigenvalue weighted by atomic mass is 16.7. The number of carbonyl (C=O) groups excluding carboxylic acids is 1. The minimum atomic E-state index is -1.07. The normalized spacial score (nSPS) is 11.0. The van der Waals surface area contributed by atoms with Gasteiger partial charge >= 0.3 is 5.97 Å². The molecule has 144 valence electrons. The first-order valence-corrected chi connectivity index (χ1v) is 8.15. The average molecular weight is 392 g/mol.